The first kappa shape index (κ1) is 77.4. The maximum atomic E-state index is 11.9. The van der Waals surface area contributed by atoms with Crippen molar-refractivity contribution in [2.75, 3.05) is 35.5 Å². The van der Waals surface area contributed by atoms with E-state index in [1.54, 1.807) is 91.2 Å². The molecule has 95 heavy (non-hydrogen) atoms. The van der Waals surface area contributed by atoms with Crippen molar-refractivity contribution < 1.29 is 114 Å². The second-order valence-corrected chi connectivity index (χ2v) is 18.2. The van der Waals surface area contributed by atoms with Crippen LogP contribution in [0.15, 0.2) is 164 Å². The lowest BCUT2D eigenvalue weighted by atomic mass is 10.2. The molecule has 0 bridgehead atoms. The van der Waals surface area contributed by atoms with Gasteiger partial charge in [0.05, 0.1) is 53.7 Å². The fraction of sp³-hybridized carbons (Fsp3) is 0.254. The number of aromatic nitrogens is 8. The van der Waals surface area contributed by atoms with Crippen molar-refractivity contribution in [1.82, 2.24) is 45.9 Å². The number of carbonyl (C=O) groups is 4. The normalized spacial score (nSPS) is 10.2. The van der Waals surface area contributed by atoms with E-state index < -0.39 is 41.9 Å². The first-order valence-corrected chi connectivity index (χ1v) is 27.2. The minimum Gasteiger partial charge on any atom is -0.481 e. The number of hydrogen-bond donors (Lipinski definition) is 10. The van der Waals surface area contributed by atoms with Crippen molar-refractivity contribution in [3.63, 3.8) is 0 Å². The average molecular weight is 1340 g/mol. The Bertz CT molecular complexity index is 3700. The van der Waals surface area contributed by atoms with Gasteiger partial charge in [-0.1, -0.05) is 12.1 Å². The molecule has 0 aliphatic carbocycles. The Morgan fingerprint density at radius 3 is 1.21 bits per heavy atom. The van der Waals surface area contributed by atoms with Crippen LogP contribution < -0.4 is 76.2 Å². The predicted molar refractivity (Wildman–Crippen MR) is 315 cm³/mol. The number of nitrogens with one attached hydrogen (secondary N) is 4. The summed E-state index contributed by atoms with van der Waals surface area (Å²) in [6.45, 7) is 1.13. The molecule has 510 valence electrons. The van der Waals surface area contributed by atoms with E-state index in [0.29, 0.717) is 51.0 Å². The van der Waals surface area contributed by atoms with Crippen LogP contribution in [0.4, 0.5) is 35.9 Å². The molecule has 30 nitrogen and oxygen atoms in total. The van der Waals surface area contributed by atoms with Crippen LogP contribution in [0.2, 0.25) is 0 Å². The standard InChI is InChI=1S/C14H15N3O4.C13H13N3O4.C9H9F3N2O3.C9H9F3N2O2.C7H11N2O2.C7H10N2O/c1-20-13-7-11(4-6-17(13)19)9-16-14(18)21-10-12-3-2-5-15-8-12;17-12-6-10(3-5-16(12)19)8-15-13(18)20-9-11-2-1-4-14-7-11;1-17-7-4-6(2-3-14(7)16)5-13-8(15)9(10,11)12;1-16-7-4-6(2-3-13-7)5-14-8(15)9(10,11)12;1-11-7-4-6(5-8)2-3-9(7)10;1-10-7-4-6(5-8)2-3-9-7/h2-8H,9-10H2,1H3,(H-,16,18,19);1-7,19H,8-9H2,(H,15,18);2-4H,5H2,1H3,(H-,13,15,16);2-4H,5H2,1H3,(H,14,15);2-4,10H,5,8H2,1H3;2-4H,5,8H2,1H3/q;;;;+1;/p+2. The predicted octanol–water partition coefficient (Wildman–Crippen LogP) is 3.84. The molecule has 8 aromatic rings. The molecule has 4 amide bonds. The van der Waals surface area contributed by atoms with Crippen LogP contribution in [0.1, 0.15) is 44.5 Å². The summed E-state index contributed by atoms with van der Waals surface area (Å²) >= 11 is 0. The summed E-state index contributed by atoms with van der Waals surface area (Å²) in [6.07, 6.45) is 4.00. The maximum Gasteiger partial charge on any atom is 0.471 e. The molecule has 0 unspecified atom stereocenters. The highest BCUT2D eigenvalue weighted by atomic mass is 19.4. The lowest BCUT2D eigenvalue weighted by molar-refractivity contribution is -0.906. The lowest BCUT2D eigenvalue weighted by Crippen LogP contribution is -2.37. The summed E-state index contributed by atoms with van der Waals surface area (Å²) in [5.41, 5.74) is 15.9. The molecule has 36 heteroatoms. The third-order valence-corrected chi connectivity index (χ3v) is 11.5. The number of alkyl carbamates (subject to hydrolysis) is 2. The van der Waals surface area contributed by atoms with Gasteiger partial charge in [-0.25, -0.2) is 19.6 Å². The van der Waals surface area contributed by atoms with Gasteiger partial charge in [-0.3, -0.25) is 40.0 Å². The fourth-order valence-electron chi connectivity index (χ4n) is 6.61. The van der Waals surface area contributed by atoms with Gasteiger partial charge in [0, 0.05) is 144 Å². The molecule has 0 fully saturated rings. The van der Waals surface area contributed by atoms with Gasteiger partial charge in [0.15, 0.2) is 0 Å². The van der Waals surface area contributed by atoms with E-state index in [0.717, 1.165) is 37.3 Å². The van der Waals surface area contributed by atoms with Gasteiger partial charge < -0.3 is 71.1 Å². The molecule has 0 aromatic carbocycles. The first-order valence-electron chi connectivity index (χ1n) is 27.2. The summed E-state index contributed by atoms with van der Waals surface area (Å²) in [6, 6.07) is 25.8. The van der Waals surface area contributed by atoms with Gasteiger partial charge in [0.1, 0.15) is 13.2 Å². The zero-order chi connectivity index (χ0) is 70.3. The SMILES string of the molecule is COc1cc(CN)cc[n+]1O.COc1cc(CN)ccn1.COc1cc(CNC(=O)C(F)(F)F)cc[n+]1O.COc1cc(CNC(=O)C(F)(F)F)ccn1.COc1cc(CNC(=O)OCc2cccnc2)cc[n+]1O.O=C(NCc1ccn(O)c(=O)c1)OCc1cccnc1. The van der Waals surface area contributed by atoms with Crippen LogP contribution in [0, 0.1) is 0 Å². The number of nitrogens with two attached hydrogens (primary N) is 2. The zero-order valence-corrected chi connectivity index (χ0v) is 51.4. The van der Waals surface area contributed by atoms with E-state index in [9.17, 15) is 55.5 Å². The lowest BCUT2D eigenvalue weighted by Gasteiger charge is -2.08. The minimum absolute atomic E-state index is 0.0451. The number of pyridine rings is 8. The van der Waals surface area contributed by atoms with E-state index in [1.165, 1.54) is 95.8 Å². The Hall–Kier alpha value is -11.8. The van der Waals surface area contributed by atoms with Gasteiger partial charge in [0.2, 0.25) is 30.4 Å². The van der Waals surface area contributed by atoms with Crippen molar-refractivity contribution in [2.24, 2.45) is 11.5 Å². The van der Waals surface area contributed by atoms with Gasteiger partial charge >= 0.3 is 54.0 Å². The smallest absolute Gasteiger partial charge is 0.471 e. The molecular formula is C59H69F6N14O16+3. The largest absolute Gasteiger partial charge is 0.481 e. The molecule has 8 heterocycles. The summed E-state index contributed by atoms with van der Waals surface area (Å²) in [5.74, 6) is -2.39. The Balaban J connectivity index is 0.000000302. The second kappa shape index (κ2) is 40.8. The van der Waals surface area contributed by atoms with Gasteiger partial charge in [0.25, 0.3) is 5.56 Å². The Morgan fingerprint density at radius 1 is 0.484 bits per heavy atom. The minimum atomic E-state index is -4.91. The third-order valence-electron chi connectivity index (χ3n) is 11.5. The summed E-state index contributed by atoms with van der Waals surface area (Å²) in [5, 5.41) is 45.2. The number of amides is 4. The molecule has 0 aliphatic heterocycles. The molecule has 0 atom stereocenters. The summed E-state index contributed by atoms with van der Waals surface area (Å²) in [4.78, 5) is 70.8. The number of ether oxygens (including phenoxy) is 7. The molecule has 0 aliphatic rings. The molecule has 12 N–H and O–H groups in total. The molecule has 0 saturated heterocycles. The summed E-state index contributed by atoms with van der Waals surface area (Å²) in [7, 11) is 7.20. The average Bonchev–Trinajstić information content (AvgIpc) is 1.37. The number of nitrogens with zero attached hydrogens (tertiary/aromatic N) is 8. The molecule has 0 radical (unpaired) electrons. The van der Waals surface area contributed by atoms with Crippen LogP contribution in [0.25, 0.3) is 0 Å². The topological polar surface area (TPSA) is 399 Å². The van der Waals surface area contributed by atoms with Crippen LogP contribution >= 0.6 is 0 Å². The molecular weight excluding hydrogens is 1270 g/mol. The molecule has 8 rings (SSSR count). The zero-order valence-electron chi connectivity index (χ0n) is 51.4. The first-order chi connectivity index (χ1) is 45.2. The highest BCUT2D eigenvalue weighted by Crippen LogP contribution is 2.17. The number of halogens is 6. The van der Waals surface area contributed by atoms with Crippen LogP contribution in [0.3, 0.4) is 0 Å². The highest BCUT2D eigenvalue weighted by Gasteiger charge is 2.39. The van der Waals surface area contributed by atoms with Crippen LogP contribution in [-0.4, -0.2) is 117 Å². The van der Waals surface area contributed by atoms with Crippen LogP contribution in [0.5, 0.6) is 29.4 Å². The summed E-state index contributed by atoms with van der Waals surface area (Å²) < 4.78 is 108. The molecule has 0 saturated carbocycles. The van der Waals surface area contributed by atoms with E-state index in [-0.39, 0.29) is 57.0 Å². The van der Waals surface area contributed by atoms with Crippen molar-refractivity contribution in [3.8, 4) is 29.4 Å². The van der Waals surface area contributed by atoms with E-state index in [4.69, 9.17) is 60.2 Å². The van der Waals surface area contributed by atoms with Crippen molar-refractivity contribution in [1.29, 1.82) is 0 Å². The Kier molecular flexibility index (Phi) is 33.3. The van der Waals surface area contributed by atoms with Crippen molar-refractivity contribution in [2.45, 2.75) is 64.8 Å². The monoisotopic (exact) mass is 1340 g/mol. The van der Waals surface area contributed by atoms with E-state index in [2.05, 4.69) is 30.6 Å². The Morgan fingerprint density at radius 2 is 0.842 bits per heavy atom. The van der Waals surface area contributed by atoms with Crippen molar-refractivity contribution >= 4 is 24.0 Å². The van der Waals surface area contributed by atoms with E-state index in [1.807, 2.05) is 18.2 Å². The third kappa shape index (κ3) is 30.2. The number of methoxy groups -OCH3 is 5. The Labute approximate surface area is 537 Å². The molecule has 0 spiro atoms. The van der Waals surface area contributed by atoms with Crippen molar-refractivity contribution in [3.05, 3.63) is 214 Å². The highest BCUT2D eigenvalue weighted by molar-refractivity contribution is 5.82. The van der Waals surface area contributed by atoms with E-state index >= 15 is 0 Å². The maximum absolute atomic E-state index is 11.9. The van der Waals surface area contributed by atoms with Gasteiger partial charge in [-0.2, -0.15) is 31.1 Å². The number of hydrogen-bond acceptors (Lipinski definition) is 22. The number of alkyl halides is 6. The van der Waals surface area contributed by atoms with Gasteiger partial charge in [-0.15, -0.1) is 0 Å². The molecule has 8 aromatic heterocycles. The second-order valence-electron chi connectivity index (χ2n) is 18.2. The number of carbonyl (C=O) groups excluding carboxylic acids is 4. The van der Waals surface area contributed by atoms with Crippen LogP contribution in [-0.2, 0) is 71.5 Å². The fourth-order valence-corrected chi connectivity index (χ4v) is 6.61. The number of rotatable bonds is 19. The quantitative estimate of drug-likeness (QED) is 0.0312. The van der Waals surface area contributed by atoms with Gasteiger partial charge in [-0.05, 0) is 63.7 Å².